The zero-order chi connectivity index (χ0) is 18.8. The van der Waals surface area contributed by atoms with E-state index in [9.17, 15) is 19.7 Å². The molecule has 1 N–H and O–H groups in total. The molecule has 0 aromatic heterocycles. The van der Waals surface area contributed by atoms with Crippen molar-refractivity contribution >= 4 is 17.5 Å². The van der Waals surface area contributed by atoms with Gasteiger partial charge in [0.05, 0.1) is 4.92 Å². The lowest BCUT2D eigenvalue weighted by Gasteiger charge is -2.26. The normalized spacial score (nSPS) is 11.6. The van der Waals surface area contributed by atoms with Crippen molar-refractivity contribution in [3.05, 3.63) is 39.9 Å². The fourth-order valence-electron chi connectivity index (χ4n) is 2.41. The number of nitro benzene ring substituents is 1. The van der Waals surface area contributed by atoms with Crippen molar-refractivity contribution in [2.75, 3.05) is 13.1 Å². The van der Waals surface area contributed by atoms with Crippen LogP contribution >= 0.6 is 0 Å². The average Bonchev–Trinajstić information content (AvgIpc) is 2.61. The first-order valence-electron chi connectivity index (χ1n) is 8.74. The molecule has 0 aliphatic carbocycles. The Morgan fingerprint density at radius 2 is 1.80 bits per heavy atom. The van der Waals surface area contributed by atoms with Gasteiger partial charge in [-0.05, 0) is 25.8 Å². The number of hydrogen-bond acceptors (Lipinski definition) is 4. The Balaban J connectivity index is 2.75. The highest BCUT2D eigenvalue weighted by molar-refractivity contribution is 5.97. The van der Waals surface area contributed by atoms with E-state index in [-0.39, 0.29) is 17.2 Å². The highest BCUT2D eigenvalue weighted by Gasteiger charge is 2.22. The lowest BCUT2D eigenvalue weighted by Crippen LogP contribution is -2.47. The summed E-state index contributed by atoms with van der Waals surface area (Å²) >= 11 is 0. The summed E-state index contributed by atoms with van der Waals surface area (Å²) in [6.07, 6.45) is 3.82. The van der Waals surface area contributed by atoms with Crippen LogP contribution in [-0.4, -0.2) is 40.8 Å². The molecule has 1 aromatic carbocycles. The lowest BCUT2D eigenvalue weighted by atomic mass is 10.1. The first-order valence-corrected chi connectivity index (χ1v) is 8.74. The Morgan fingerprint density at radius 3 is 2.32 bits per heavy atom. The van der Waals surface area contributed by atoms with Crippen molar-refractivity contribution in [2.45, 2.75) is 52.5 Å². The summed E-state index contributed by atoms with van der Waals surface area (Å²) in [6.45, 7) is 7.12. The van der Waals surface area contributed by atoms with Gasteiger partial charge in [0.2, 0.25) is 5.91 Å². The predicted octanol–water partition coefficient (Wildman–Crippen LogP) is 3.14. The van der Waals surface area contributed by atoms with Crippen LogP contribution in [0.1, 0.15) is 56.8 Å². The van der Waals surface area contributed by atoms with E-state index >= 15 is 0 Å². The number of carbonyl (C=O) groups excluding carboxylic acids is 2. The van der Waals surface area contributed by atoms with Crippen molar-refractivity contribution in [1.82, 2.24) is 10.2 Å². The lowest BCUT2D eigenvalue weighted by molar-refractivity contribution is -0.384. The second-order valence-corrected chi connectivity index (χ2v) is 6.03. The number of hydrogen-bond donors (Lipinski definition) is 1. The summed E-state index contributed by atoms with van der Waals surface area (Å²) in [5.41, 5.74) is 0.0154. The number of nitrogens with one attached hydrogen (secondary N) is 1. The van der Waals surface area contributed by atoms with Crippen LogP contribution in [0.25, 0.3) is 0 Å². The van der Waals surface area contributed by atoms with Gasteiger partial charge in [-0.25, -0.2) is 0 Å². The SMILES string of the molecule is CCCCN(CCCC)C(=O)C(C)NC(=O)c1cccc([N+](=O)[O-])c1. The molecule has 0 saturated heterocycles. The predicted molar refractivity (Wildman–Crippen MR) is 96.4 cm³/mol. The third-order valence-corrected chi connectivity index (χ3v) is 3.91. The second kappa shape index (κ2) is 10.4. The topological polar surface area (TPSA) is 92.6 Å². The molecule has 7 nitrogen and oxygen atoms in total. The van der Waals surface area contributed by atoms with Crippen LogP contribution in [0, 0.1) is 10.1 Å². The molecule has 0 bridgehead atoms. The molecule has 7 heteroatoms. The number of carbonyl (C=O) groups is 2. The number of nitro groups is 1. The molecular weight excluding hydrogens is 322 g/mol. The Morgan fingerprint density at radius 1 is 1.20 bits per heavy atom. The highest BCUT2D eigenvalue weighted by atomic mass is 16.6. The zero-order valence-electron chi connectivity index (χ0n) is 15.2. The fourth-order valence-corrected chi connectivity index (χ4v) is 2.41. The Kier molecular flexibility index (Phi) is 8.60. The number of non-ortho nitro benzene ring substituents is 1. The quantitative estimate of drug-likeness (QED) is 0.519. The highest BCUT2D eigenvalue weighted by Crippen LogP contribution is 2.13. The van der Waals surface area contributed by atoms with E-state index in [1.54, 1.807) is 11.8 Å². The van der Waals surface area contributed by atoms with E-state index in [0.717, 1.165) is 25.7 Å². The first kappa shape index (κ1) is 20.6. The standard InChI is InChI=1S/C18H27N3O4/c1-4-6-11-20(12-7-5-2)18(23)14(3)19-17(22)15-9-8-10-16(13-15)21(24)25/h8-10,13-14H,4-7,11-12H2,1-3H3,(H,19,22). The minimum Gasteiger partial charge on any atom is -0.341 e. The maximum atomic E-state index is 12.6. The van der Waals surface area contributed by atoms with Crippen molar-refractivity contribution < 1.29 is 14.5 Å². The number of unbranched alkanes of at least 4 members (excludes halogenated alkanes) is 2. The second-order valence-electron chi connectivity index (χ2n) is 6.03. The summed E-state index contributed by atoms with van der Waals surface area (Å²) in [5, 5.41) is 13.5. The monoisotopic (exact) mass is 349 g/mol. The van der Waals surface area contributed by atoms with Gasteiger partial charge in [0.1, 0.15) is 6.04 Å². The molecule has 2 amide bonds. The molecule has 1 rings (SSSR count). The average molecular weight is 349 g/mol. The summed E-state index contributed by atoms with van der Waals surface area (Å²) < 4.78 is 0. The van der Waals surface area contributed by atoms with Crippen molar-refractivity contribution in [3.8, 4) is 0 Å². The zero-order valence-corrected chi connectivity index (χ0v) is 15.2. The third-order valence-electron chi connectivity index (χ3n) is 3.91. The number of benzene rings is 1. The Bertz CT molecular complexity index is 596. The van der Waals surface area contributed by atoms with Crippen LogP contribution in [0.4, 0.5) is 5.69 Å². The minimum absolute atomic E-state index is 0.124. The number of nitrogens with zero attached hydrogens (tertiary/aromatic N) is 2. The molecule has 1 aromatic rings. The third kappa shape index (κ3) is 6.52. The van der Waals surface area contributed by atoms with Gasteiger partial charge >= 0.3 is 0 Å². The van der Waals surface area contributed by atoms with Crippen LogP contribution in [0.2, 0.25) is 0 Å². The first-order chi connectivity index (χ1) is 11.9. The van der Waals surface area contributed by atoms with E-state index in [2.05, 4.69) is 19.2 Å². The number of amides is 2. The van der Waals surface area contributed by atoms with E-state index in [0.29, 0.717) is 13.1 Å². The molecular formula is C18H27N3O4. The summed E-state index contributed by atoms with van der Waals surface area (Å²) in [6, 6.07) is 4.79. The molecule has 0 aliphatic heterocycles. The molecule has 0 spiro atoms. The Labute approximate surface area is 148 Å². The number of rotatable bonds is 10. The van der Waals surface area contributed by atoms with E-state index in [1.807, 2.05) is 0 Å². The maximum Gasteiger partial charge on any atom is 0.270 e. The maximum absolute atomic E-state index is 12.6. The van der Waals surface area contributed by atoms with Gasteiger partial charge in [0.15, 0.2) is 0 Å². The van der Waals surface area contributed by atoms with Gasteiger partial charge in [-0.15, -0.1) is 0 Å². The molecule has 1 atom stereocenters. The van der Waals surface area contributed by atoms with E-state index in [4.69, 9.17) is 0 Å². The van der Waals surface area contributed by atoms with Gasteiger partial charge in [-0.1, -0.05) is 32.8 Å². The van der Waals surface area contributed by atoms with Gasteiger partial charge in [-0.2, -0.15) is 0 Å². The molecule has 0 radical (unpaired) electrons. The van der Waals surface area contributed by atoms with Gasteiger partial charge in [0.25, 0.3) is 11.6 Å². The molecule has 1 unspecified atom stereocenters. The minimum atomic E-state index is -0.680. The van der Waals surface area contributed by atoms with E-state index in [1.165, 1.54) is 24.3 Å². The smallest absolute Gasteiger partial charge is 0.270 e. The largest absolute Gasteiger partial charge is 0.341 e. The van der Waals surface area contributed by atoms with Crippen LogP contribution in [0.3, 0.4) is 0 Å². The van der Waals surface area contributed by atoms with E-state index < -0.39 is 16.9 Å². The molecule has 25 heavy (non-hydrogen) atoms. The molecule has 138 valence electrons. The van der Waals surface area contributed by atoms with Crippen LogP contribution < -0.4 is 5.32 Å². The van der Waals surface area contributed by atoms with Crippen molar-refractivity contribution in [3.63, 3.8) is 0 Å². The van der Waals surface area contributed by atoms with Gasteiger partial charge in [0, 0.05) is 30.8 Å². The molecule has 0 fully saturated rings. The summed E-state index contributed by atoms with van der Waals surface area (Å²) in [7, 11) is 0. The van der Waals surface area contributed by atoms with Crippen LogP contribution in [0.5, 0.6) is 0 Å². The van der Waals surface area contributed by atoms with Crippen molar-refractivity contribution in [1.29, 1.82) is 0 Å². The van der Waals surface area contributed by atoms with Crippen molar-refractivity contribution in [2.24, 2.45) is 0 Å². The van der Waals surface area contributed by atoms with Crippen LogP contribution in [-0.2, 0) is 4.79 Å². The molecule has 0 aliphatic rings. The summed E-state index contributed by atoms with van der Waals surface area (Å²) in [4.78, 5) is 36.9. The summed E-state index contributed by atoms with van der Waals surface area (Å²) in [5.74, 6) is -0.615. The molecule has 0 saturated carbocycles. The van der Waals surface area contributed by atoms with Gasteiger partial charge < -0.3 is 10.2 Å². The van der Waals surface area contributed by atoms with Crippen LogP contribution in [0.15, 0.2) is 24.3 Å². The fraction of sp³-hybridized carbons (Fsp3) is 0.556. The Hall–Kier alpha value is -2.44. The molecule has 0 heterocycles. The van der Waals surface area contributed by atoms with Gasteiger partial charge in [-0.3, -0.25) is 19.7 Å².